The highest BCUT2D eigenvalue weighted by Gasteiger charge is 2.25. The van der Waals surface area contributed by atoms with Crippen LogP contribution in [-0.2, 0) is 20.7 Å². The number of benzene rings is 1. The molecule has 1 unspecified atom stereocenters. The number of hydrogen-bond donors (Lipinski definition) is 1. The number of fused-ring (bicyclic) bond motifs is 1. The molecular formula is C18H23NO6. The fraction of sp³-hybridized carbons (Fsp3) is 0.556. The quantitative estimate of drug-likeness (QED) is 0.867. The van der Waals surface area contributed by atoms with Crippen LogP contribution in [0.4, 0.5) is 0 Å². The number of nitrogens with zero attached hydrogens (tertiary/aromatic N) is 1. The van der Waals surface area contributed by atoms with Gasteiger partial charge < -0.3 is 24.2 Å². The molecule has 1 atom stereocenters. The standard InChI is InChI=1S/C18H23NO6/c20-17(19-6-9-23-14(12-19)11-18(21)22)5-3-13-2-4-15-16(10-13)25-8-1-7-24-15/h2,4,10,14H,1,3,5-9,11-12H2,(H,21,22). The Morgan fingerprint density at radius 1 is 1.16 bits per heavy atom. The van der Waals surface area contributed by atoms with E-state index in [0.717, 1.165) is 23.5 Å². The molecule has 1 saturated heterocycles. The van der Waals surface area contributed by atoms with E-state index < -0.39 is 12.1 Å². The highest BCUT2D eigenvalue weighted by atomic mass is 16.5. The second kappa shape index (κ2) is 8.20. The summed E-state index contributed by atoms with van der Waals surface area (Å²) < 4.78 is 16.7. The predicted octanol–water partition coefficient (Wildman–Crippen LogP) is 1.48. The van der Waals surface area contributed by atoms with Crippen molar-refractivity contribution in [1.29, 1.82) is 0 Å². The summed E-state index contributed by atoms with van der Waals surface area (Å²) in [4.78, 5) is 24.9. The minimum absolute atomic E-state index is 0.0193. The van der Waals surface area contributed by atoms with Crippen molar-refractivity contribution in [1.82, 2.24) is 4.90 Å². The monoisotopic (exact) mass is 349 g/mol. The number of carbonyl (C=O) groups is 2. The van der Waals surface area contributed by atoms with Gasteiger partial charge in [0.1, 0.15) is 0 Å². The molecule has 1 aromatic carbocycles. The maximum absolute atomic E-state index is 12.4. The molecular weight excluding hydrogens is 326 g/mol. The van der Waals surface area contributed by atoms with Gasteiger partial charge in [-0.3, -0.25) is 9.59 Å². The van der Waals surface area contributed by atoms with Crippen LogP contribution in [0.1, 0.15) is 24.8 Å². The minimum atomic E-state index is -0.911. The maximum atomic E-state index is 12.4. The van der Waals surface area contributed by atoms with Gasteiger partial charge in [-0.15, -0.1) is 0 Å². The molecule has 3 rings (SSSR count). The third-order valence-electron chi connectivity index (χ3n) is 4.33. The van der Waals surface area contributed by atoms with Gasteiger partial charge in [0.25, 0.3) is 0 Å². The Kier molecular flexibility index (Phi) is 5.75. The molecule has 0 aliphatic carbocycles. The van der Waals surface area contributed by atoms with Crippen LogP contribution in [0.15, 0.2) is 18.2 Å². The molecule has 7 heteroatoms. The van der Waals surface area contributed by atoms with Crippen molar-refractivity contribution >= 4 is 11.9 Å². The SMILES string of the molecule is O=C(O)CC1CN(C(=O)CCc2ccc3c(c2)OCCCO3)CCO1. The first-order chi connectivity index (χ1) is 12.1. The van der Waals surface area contributed by atoms with E-state index in [2.05, 4.69) is 0 Å². The largest absolute Gasteiger partial charge is 0.490 e. The number of carbonyl (C=O) groups excluding carboxylic acids is 1. The van der Waals surface area contributed by atoms with Crippen LogP contribution < -0.4 is 9.47 Å². The average molecular weight is 349 g/mol. The van der Waals surface area contributed by atoms with Crippen LogP contribution in [0.5, 0.6) is 11.5 Å². The topological polar surface area (TPSA) is 85.3 Å². The van der Waals surface area contributed by atoms with Crippen molar-refractivity contribution < 1.29 is 28.9 Å². The molecule has 2 aliphatic rings. The number of carboxylic acids is 1. The van der Waals surface area contributed by atoms with Crippen LogP contribution in [-0.4, -0.2) is 60.9 Å². The number of rotatable bonds is 5. The van der Waals surface area contributed by atoms with Crippen molar-refractivity contribution in [3.8, 4) is 11.5 Å². The van der Waals surface area contributed by atoms with Gasteiger partial charge >= 0.3 is 5.97 Å². The summed E-state index contributed by atoms with van der Waals surface area (Å²) in [5.41, 5.74) is 1.02. The number of morpholine rings is 1. The summed E-state index contributed by atoms with van der Waals surface area (Å²) in [6, 6.07) is 5.77. The summed E-state index contributed by atoms with van der Waals surface area (Å²) in [6.07, 6.45) is 1.34. The number of aliphatic carboxylic acids is 1. The number of aryl methyl sites for hydroxylation is 1. The van der Waals surface area contributed by atoms with Gasteiger partial charge in [0.05, 0.1) is 32.3 Å². The lowest BCUT2D eigenvalue weighted by Gasteiger charge is -2.32. The van der Waals surface area contributed by atoms with Crippen molar-refractivity contribution in [3.63, 3.8) is 0 Å². The number of amides is 1. The lowest BCUT2D eigenvalue weighted by Crippen LogP contribution is -2.46. The Hall–Kier alpha value is -2.28. The Labute approximate surface area is 146 Å². The van der Waals surface area contributed by atoms with E-state index in [1.165, 1.54) is 0 Å². The Morgan fingerprint density at radius 3 is 2.76 bits per heavy atom. The summed E-state index contributed by atoms with van der Waals surface area (Å²) in [6.45, 7) is 2.52. The zero-order valence-electron chi connectivity index (χ0n) is 14.1. The lowest BCUT2D eigenvalue weighted by atomic mass is 10.1. The summed E-state index contributed by atoms with van der Waals surface area (Å²) in [5, 5.41) is 8.85. The highest BCUT2D eigenvalue weighted by molar-refractivity contribution is 5.76. The molecule has 2 heterocycles. The first-order valence-corrected chi connectivity index (χ1v) is 8.61. The molecule has 0 radical (unpaired) electrons. The van der Waals surface area contributed by atoms with E-state index >= 15 is 0 Å². The van der Waals surface area contributed by atoms with Gasteiger partial charge in [-0.2, -0.15) is 0 Å². The van der Waals surface area contributed by atoms with Gasteiger partial charge in [-0.05, 0) is 24.1 Å². The molecule has 2 aliphatic heterocycles. The van der Waals surface area contributed by atoms with Crippen LogP contribution in [0, 0.1) is 0 Å². The van der Waals surface area contributed by atoms with Gasteiger partial charge in [-0.1, -0.05) is 6.07 Å². The maximum Gasteiger partial charge on any atom is 0.306 e. The summed E-state index contributed by atoms with van der Waals surface area (Å²) in [5.74, 6) is 0.588. The van der Waals surface area contributed by atoms with Crippen molar-refractivity contribution in [2.24, 2.45) is 0 Å². The molecule has 0 spiro atoms. The first-order valence-electron chi connectivity index (χ1n) is 8.61. The lowest BCUT2D eigenvalue weighted by molar-refractivity contribution is -0.147. The van der Waals surface area contributed by atoms with Crippen molar-refractivity contribution in [3.05, 3.63) is 23.8 Å². The number of ether oxygens (including phenoxy) is 3. The molecule has 0 bridgehead atoms. The highest BCUT2D eigenvalue weighted by Crippen LogP contribution is 2.30. The second-order valence-corrected chi connectivity index (χ2v) is 6.26. The van der Waals surface area contributed by atoms with E-state index in [4.69, 9.17) is 19.3 Å². The zero-order chi connectivity index (χ0) is 17.6. The first kappa shape index (κ1) is 17.5. The van der Waals surface area contributed by atoms with Crippen LogP contribution in [0.2, 0.25) is 0 Å². The average Bonchev–Trinajstić information content (AvgIpc) is 2.84. The Morgan fingerprint density at radius 2 is 1.96 bits per heavy atom. The molecule has 25 heavy (non-hydrogen) atoms. The number of hydrogen-bond acceptors (Lipinski definition) is 5. The second-order valence-electron chi connectivity index (χ2n) is 6.26. The van der Waals surface area contributed by atoms with Gasteiger partial charge in [0.2, 0.25) is 5.91 Å². The van der Waals surface area contributed by atoms with Crippen molar-refractivity contribution in [2.75, 3.05) is 32.9 Å². The van der Waals surface area contributed by atoms with E-state index in [-0.39, 0.29) is 12.3 Å². The molecule has 7 nitrogen and oxygen atoms in total. The Bertz CT molecular complexity index is 632. The molecule has 136 valence electrons. The molecule has 1 amide bonds. The van der Waals surface area contributed by atoms with E-state index in [9.17, 15) is 9.59 Å². The number of carboxylic acid groups (broad SMARTS) is 1. The van der Waals surface area contributed by atoms with E-state index in [0.29, 0.717) is 45.8 Å². The van der Waals surface area contributed by atoms with Crippen LogP contribution in [0.3, 0.4) is 0 Å². The summed E-state index contributed by atoms with van der Waals surface area (Å²) in [7, 11) is 0. The van der Waals surface area contributed by atoms with E-state index in [1.54, 1.807) is 4.90 Å². The third kappa shape index (κ3) is 4.85. The van der Waals surface area contributed by atoms with E-state index in [1.807, 2.05) is 18.2 Å². The molecule has 1 fully saturated rings. The summed E-state index contributed by atoms with van der Waals surface area (Å²) >= 11 is 0. The minimum Gasteiger partial charge on any atom is -0.490 e. The van der Waals surface area contributed by atoms with Crippen LogP contribution >= 0.6 is 0 Å². The fourth-order valence-electron chi connectivity index (χ4n) is 3.04. The van der Waals surface area contributed by atoms with Crippen LogP contribution in [0.25, 0.3) is 0 Å². The molecule has 1 N–H and O–H groups in total. The smallest absolute Gasteiger partial charge is 0.306 e. The van der Waals surface area contributed by atoms with Gasteiger partial charge in [-0.25, -0.2) is 0 Å². The Balaban J connectivity index is 1.53. The zero-order valence-corrected chi connectivity index (χ0v) is 14.1. The molecule has 0 aromatic heterocycles. The predicted molar refractivity (Wildman–Crippen MR) is 88.9 cm³/mol. The van der Waals surface area contributed by atoms with Crippen molar-refractivity contribution in [2.45, 2.75) is 31.8 Å². The molecule has 0 saturated carbocycles. The van der Waals surface area contributed by atoms with Gasteiger partial charge in [0.15, 0.2) is 11.5 Å². The fourth-order valence-corrected chi connectivity index (χ4v) is 3.04. The third-order valence-corrected chi connectivity index (χ3v) is 4.33. The normalized spacial score (nSPS) is 20.0. The molecule has 1 aromatic rings. The van der Waals surface area contributed by atoms with Gasteiger partial charge in [0, 0.05) is 25.9 Å².